The first-order valence-corrected chi connectivity index (χ1v) is 10.1. The summed E-state index contributed by atoms with van der Waals surface area (Å²) < 4.78 is 0. The number of nitrogens with one attached hydrogen (secondary N) is 1. The Labute approximate surface area is 169 Å². The van der Waals surface area contributed by atoms with Gasteiger partial charge in [0.25, 0.3) is 11.8 Å². The minimum Gasteiger partial charge on any atom is -0.339 e. The summed E-state index contributed by atoms with van der Waals surface area (Å²) in [4.78, 5) is 27.0. The maximum Gasteiger partial charge on any atom is 0.255 e. The second-order valence-corrected chi connectivity index (χ2v) is 8.15. The van der Waals surface area contributed by atoms with Crippen molar-refractivity contribution in [1.82, 2.24) is 4.90 Å². The van der Waals surface area contributed by atoms with Crippen molar-refractivity contribution in [2.45, 2.75) is 52.9 Å². The van der Waals surface area contributed by atoms with Gasteiger partial charge in [0, 0.05) is 29.9 Å². The molecule has 2 aromatic rings. The molecule has 0 spiro atoms. The first kappa shape index (κ1) is 21.7. The van der Waals surface area contributed by atoms with E-state index in [0.717, 1.165) is 25.9 Å². The molecule has 2 rings (SSSR count). The minimum absolute atomic E-state index is 0.0411. The van der Waals surface area contributed by atoms with Gasteiger partial charge in [-0.3, -0.25) is 9.59 Å². The molecule has 0 heterocycles. The van der Waals surface area contributed by atoms with Crippen LogP contribution >= 0.6 is 0 Å². The molecule has 28 heavy (non-hydrogen) atoms. The molecule has 0 unspecified atom stereocenters. The number of hydrogen-bond acceptors (Lipinski definition) is 2. The highest BCUT2D eigenvalue weighted by Gasteiger charge is 2.16. The lowest BCUT2D eigenvalue weighted by molar-refractivity contribution is 0.0755. The number of amides is 2. The summed E-state index contributed by atoms with van der Waals surface area (Å²) in [6.45, 7) is 12.1. The number of anilines is 1. The van der Waals surface area contributed by atoms with Crippen LogP contribution in [0.5, 0.6) is 0 Å². The largest absolute Gasteiger partial charge is 0.339 e. The van der Waals surface area contributed by atoms with Crippen LogP contribution in [0.4, 0.5) is 5.69 Å². The number of rotatable bonds is 7. The predicted octanol–water partition coefficient (Wildman–Crippen LogP) is 5.50. The van der Waals surface area contributed by atoms with E-state index in [9.17, 15) is 9.59 Å². The van der Waals surface area contributed by atoms with E-state index in [0.29, 0.717) is 16.8 Å². The molecule has 0 saturated carbocycles. The average Bonchev–Trinajstić information content (AvgIpc) is 2.67. The third kappa shape index (κ3) is 5.69. The monoisotopic (exact) mass is 380 g/mol. The number of carbonyl (C=O) groups is 2. The van der Waals surface area contributed by atoms with Crippen molar-refractivity contribution in [2.75, 3.05) is 18.4 Å². The van der Waals surface area contributed by atoms with Gasteiger partial charge in [0.2, 0.25) is 0 Å². The zero-order valence-electron chi connectivity index (χ0n) is 17.7. The number of nitrogens with zero attached hydrogens (tertiary/aromatic N) is 1. The SMILES string of the molecule is CCCN(CCC)C(=O)c1ccc(NC(=O)c2ccc(C(C)(C)C)cc2)cc1. The van der Waals surface area contributed by atoms with Gasteiger partial charge in [-0.25, -0.2) is 0 Å². The van der Waals surface area contributed by atoms with Crippen molar-refractivity contribution in [3.05, 3.63) is 65.2 Å². The van der Waals surface area contributed by atoms with E-state index in [1.165, 1.54) is 5.56 Å². The minimum atomic E-state index is -0.155. The molecule has 0 aromatic heterocycles. The predicted molar refractivity (Wildman–Crippen MR) is 116 cm³/mol. The van der Waals surface area contributed by atoms with Crippen molar-refractivity contribution < 1.29 is 9.59 Å². The highest BCUT2D eigenvalue weighted by molar-refractivity contribution is 6.04. The topological polar surface area (TPSA) is 49.4 Å². The summed E-state index contributed by atoms with van der Waals surface area (Å²) in [5.74, 6) is -0.113. The number of hydrogen-bond donors (Lipinski definition) is 1. The maximum atomic E-state index is 12.6. The fourth-order valence-corrected chi connectivity index (χ4v) is 3.06. The van der Waals surface area contributed by atoms with Crippen LogP contribution in [0.15, 0.2) is 48.5 Å². The molecule has 0 aliphatic carbocycles. The van der Waals surface area contributed by atoms with Crippen molar-refractivity contribution >= 4 is 17.5 Å². The average molecular weight is 381 g/mol. The van der Waals surface area contributed by atoms with Gasteiger partial charge < -0.3 is 10.2 Å². The Balaban J connectivity index is 2.05. The Kier molecular flexibility index (Phi) is 7.38. The molecular formula is C24H32N2O2. The first-order chi connectivity index (χ1) is 13.3. The summed E-state index contributed by atoms with van der Waals surface area (Å²) in [5.41, 5.74) is 3.19. The van der Waals surface area contributed by atoms with E-state index in [4.69, 9.17) is 0 Å². The van der Waals surface area contributed by atoms with Crippen LogP contribution in [0.2, 0.25) is 0 Å². The third-order valence-electron chi connectivity index (χ3n) is 4.68. The van der Waals surface area contributed by atoms with Crippen molar-refractivity contribution in [2.24, 2.45) is 0 Å². The van der Waals surface area contributed by atoms with Gasteiger partial charge >= 0.3 is 0 Å². The molecule has 0 bridgehead atoms. The first-order valence-electron chi connectivity index (χ1n) is 10.1. The summed E-state index contributed by atoms with van der Waals surface area (Å²) in [7, 11) is 0. The van der Waals surface area contributed by atoms with Crippen molar-refractivity contribution in [3.8, 4) is 0 Å². The molecule has 0 radical (unpaired) electrons. The summed E-state index contributed by atoms with van der Waals surface area (Å²) in [5, 5.41) is 2.90. The van der Waals surface area contributed by atoms with Gasteiger partial charge in [-0.1, -0.05) is 46.8 Å². The Morgan fingerprint density at radius 3 is 1.79 bits per heavy atom. The van der Waals surface area contributed by atoms with E-state index in [1.54, 1.807) is 24.3 Å². The van der Waals surface area contributed by atoms with Gasteiger partial charge in [0.15, 0.2) is 0 Å². The molecule has 0 saturated heterocycles. The standard InChI is InChI=1S/C24H32N2O2/c1-6-16-26(17-7-2)23(28)19-10-14-21(15-11-19)25-22(27)18-8-12-20(13-9-18)24(3,4)5/h8-15H,6-7,16-17H2,1-5H3,(H,25,27). The van der Waals surface area contributed by atoms with Crippen LogP contribution < -0.4 is 5.32 Å². The second kappa shape index (κ2) is 9.54. The Hall–Kier alpha value is -2.62. The summed E-state index contributed by atoms with van der Waals surface area (Å²) in [6, 6.07) is 14.8. The smallest absolute Gasteiger partial charge is 0.255 e. The van der Waals surface area contributed by atoms with Crippen LogP contribution in [-0.4, -0.2) is 29.8 Å². The lowest BCUT2D eigenvalue weighted by atomic mass is 9.87. The van der Waals surface area contributed by atoms with Crippen LogP contribution in [-0.2, 0) is 5.41 Å². The quantitative estimate of drug-likeness (QED) is 0.689. The van der Waals surface area contributed by atoms with Crippen LogP contribution in [0, 0.1) is 0 Å². The molecule has 4 heteroatoms. The molecule has 0 aliphatic rings. The van der Waals surface area contributed by atoms with Gasteiger partial charge in [-0.15, -0.1) is 0 Å². The van der Waals surface area contributed by atoms with E-state index < -0.39 is 0 Å². The third-order valence-corrected chi connectivity index (χ3v) is 4.68. The number of carbonyl (C=O) groups excluding carboxylic acids is 2. The number of benzene rings is 2. The highest BCUT2D eigenvalue weighted by atomic mass is 16.2. The fourth-order valence-electron chi connectivity index (χ4n) is 3.06. The van der Waals surface area contributed by atoms with Gasteiger partial charge in [0.1, 0.15) is 0 Å². The van der Waals surface area contributed by atoms with E-state index in [1.807, 2.05) is 29.2 Å². The van der Waals surface area contributed by atoms with Crippen LogP contribution in [0.1, 0.15) is 73.7 Å². The fraction of sp³-hybridized carbons (Fsp3) is 0.417. The second-order valence-electron chi connectivity index (χ2n) is 8.15. The molecule has 2 amide bonds. The van der Waals surface area contributed by atoms with Crippen LogP contribution in [0.3, 0.4) is 0 Å². The molecule has 1 N–H and O–H groups in total. The van der Waals surface area contributed by atoms with E-state index in [2.05, 4.69) is 39.9 Å². The lowest BCUT2D eigenvalue weighted by Gasteiger charge is -2.21. The normalized spacial score (nSPS) is 11.2. The molecule has 2 aromatic carbocycles. The molecule has 0 fully saturated rings. The van der Waals surface area contributed by atoms with Crippen LogP contribution in [0.25, 0.3) is 0 Å². The zero-order valence-corrected chi connectivity index (χ0v) is 17.7. The van der Waals surface area contributed by atoms with Gasteiger partial charge in [-0.2, -0.15) is 0 Å². The summed E-state index contributed by atoms with van der Waals surface area (Å²) in [6.07, 6.45) is 1.88. The Morgan fingerprint density at radius 1 is 0.821 bits per heavy atom. The zero-order chi connectivity index (χ0) is 20.7. The lowest BCUT2D eigenvalue weighted by Crippen LogP contribution is -2.32. The molecule has 0 aliphatic heterocycles. The maximum absolute atomic E-state index is 12.6. The van der Waals surface area contributed by atoms with Gasteiger partial charge in [-0.05, 0) is 60.2 Å². The Bertz CT molecular complexity index is 781. The van der Waals surface area contributed by atoms with E-state index >= 15 is 0 Å². The Morgan fingerprint density at radius 2 is 1.32 bits per heavy atom. The van der Waals surface area contributed by atoms with Crippen molar-refractivity contribution in [1.29, 1.82) is 0 Å². The summed E-state index contributed by atoms with van der Waals surface area (Å²) >= 11 is 0. The highest BCUT2D eigenvalue weighted by Crippen LogP contribution is 2.22. The molecular weight excluding hydrogens is 348 g/mol. The molecule has 0 atom stereocenters. The van der Waals surface area contributed by atoms with E-state index in [-0.39, 0.29) is 17.2 Å². The van der Waals surface area contributed by atoms with Gasteiger partial charge in [0.05, 0.1) is 0 Å². The molecule has 150 valence electrons. The van der Waals surface area contributed by atoms with Crippen molar-refractivity contribution in [3.63, 3.8) is 0 Å². The molecule has 4 nitrogen and oxygen atoms in total.